The van der Waals surface area contributed by atoms with Gasteiger partial charge in [-0.3, -0.25) is 4.79 Å². The van der Waals surface area contributed by atoms with Crippen molar-refractivity contribution in [3.8, 4) is 0 Å². The van der Waals surface area contributed by atoms with Gasteiger partial charge in [-0.15, -0.1) is 0 Å². The maximum absolute atomic E-state index is 12.9. The summed E-state index contributed by atoms with van der Waals surface area (Å²) in [5.41, 5.74) is 1.33. The van der Waals surface area contributed by atoms with Gasteiger partial charge in [-0.2, -0.15) is 0 Å². The highest BCUT2D eigenvalue weighted by atomic mass is 16.7. The molecular weight excluding hydrogens is 314 g/mol. The first-order valence-corrected chi connectivity index (χ1v) is 9.30. The zero-order valence-corrected chi connectivity index (χ0v) is 14.3. The van der Waals surface area contributed by atoms with Crippen LogP contribution in [-0.2, 0) is 14.3 Å². The zero-order chi connectivity index (χ0) is 16.9. The van der Waals surface area contributed by atoms with Gasteiger partial charge in [0.15, 0.2) is 5.79 Å². The molecule has 3 aliphatic rings. The molecule has 0 aromatic heterocycles. The number of rotatable bonds is 2. The number of ether oxygens (including phenoxy) is 2. The summed E-state index contributed by atoms with van der Waals surface area (Å²) in [4.78, 5) is 14.9. The average Bonchev–Trinajstić information content (AvgIpc) is 3.34. The van der Waals surface area contributed by atoms with Crippen molar-refractivity contribution in [2.24, 2.45) is 5.92 Å². The van der Waals surface area contributed by atoms with Crippen molar-refractivity contribution in [1.29, 1.82) is 0 Å². The van der Waals surface area contributed by atoms with Crippen LogP contribution < -0.4 is 0 Å². The highest BCUT2D eigenvalue weighted by Gasteiger charge is 2.48. The zero-order valence-electron chi connectivity index (χ0n) is 14.3. The Morgan fingerprint density at radius 3 is 2.52 bits per heavy atom. The summed E-state index contributed by atoms with van der Waals surface area (Å²) in [7, 11) is 0. The first-order chi connectivity index (χ1) is 12.3. The van der Waals surface area contributed by atoms with E-state index in [-0.39, 0.29) is 5.92 Å². The van der Waals surface area contributed by atoms with Crippen LogP contribution in [0.3, 0.4) is 0 Å². The molecule has 1 saturated carbocycles. The third kappa shape index (κ3) is 2.64. The molecule has 2 heterocycles. The van der Waals surface area contributed by atoms with E-state index >= 15 is 0 Å². The molecule has 3 fully saturated rings. The molecule has 2 saturated heterocycles. The number of carbonyl (C=O) groups excluding carboxylic acids is 1. The van der Waals surface area contributed by atoms with Crippen molar-refractivity contribution in [3.63, 3.8) is 0 Å². The monoisotopic (exact) mass is 337 g/mol. The molecule has 2 aromatic rings. The summed E-state index contributed by atoms with van der Waals surface area (Å²) in [5.74, 6) is 0.416. The predicted octanol–water partition coefficient (Wildman–Crippen LogP) is 3.31. The van der Waals surface area contributed by atoms with E-state index in [1.807, 2.05) is 4.90 Å². The Labute approximate surface area is 147 Å². The van der Waals surface area contributed by atoms with E-state index in [2.05, 4.69) is 42.5 Å². The molecule has 0 radical (unpaired) electrons. The maximum Gasteiger partial charge on any atom is 0.226 e. The quantitative estimate of drug-likeness (QED) is 0.844. The molecule has 2 aliphatic heterocycles. The van der Waals surface area contributed by atoms with E-state index in [0.717, 1.165) is 32.4 Å². The van der Waals surface area contributed by atoms with Crippen LogP contribution in [0.1, 0.15) is 30.7 Å². The van der Waals surface area contributed by atoms with Crippen LogP contribution in [0.15, 0.2) is 42.5 Å². The van der Waals surface area contributed by atoms with Crippen LogP contribution in [0.4, 0.5) is 0 Å². The minimum absolute atomic E-state index is 0.144. The first kappa shape index (κ1) is 15.4. The lowest BCUT2D eigenvalue weighted by molar-refractivity contribution is -0.187. The van der Waals surface area contributed by atoms with Gasteiger partial charge < -0.3 is 14.4 Å². The molecule has 5 rings (SSSR count). The molecule has 4 nitrogen and oxygen atoms in total. The molecule has 0 bridgehead atoms. The smallest absolute Gasteiger partial charge is 0.226 e. The molecule has 2 atom stereocenters. The van der Waals surface area contributed by atoms with Crippen molar-refractivity contribution in [2.45, 2.75) is 31.0 Å². The highest BCUT2D eigenvalue weighted by molar-refractivity contribution is 5.89. The lowest BCUT2D eigenvalue weighted by Gasteiger charge is -2.37. The standard InChI is InChI=1S/C21H23NO3/c23-20(22-10-8-21(9-11-22)24-12-13-25-21)19-14-18(19)17-7-3-5-15-4-1-2-6-16(15)17/h1-7,18-19H,8-14H2/t18-,19+/m1/s1. The lowest BCUT2D eigenvalue weighted by Crippen LogP contribution is -2.47. The Kier molecular flexibility index (Phi) is 3.57. The third-order valence-corrected chi connectivity index (χ3v) is 5.98. The lowest BCUT2D eigenvalue weighted by atomic mass is 9.99. The van der Waals surface area contributed by atoms with E-state index in [0.29, 0.717) is 25.0 Å². The molecule has 1 amide bonds. The van der Waals surface area contributed by atoms with Crippen molar-refractivity contribution >= 4 is 16.7 Å². The molecule has 1 aliphatic carbocycles. The second kappa shape index (κ2) is 5.82. The second-order valence-electron chi connectivity index (χ2n) is 7.45. The van der Waals surface area contributed by atoms with E-state index in [4.69, 9.17) is 9.47 Å². The molecular formula is C21H23NO3. The third-order valence-electron chi connectivity index (χ3n) is 5.98. The molecule has 0 N–H and O–H groups in total. The maximum atomic E-state index is 12.9. The SMILES string of the molecule is O=C([C@H]1C[C@@H]1c1cccc2ccccc12)N1CCC2(CC1)OCCO2. The molecule has 0 unspecified atom stereocenters. The van der Waals surface area contributed by atoms with Crippen LogP contribution in [0.2, 0.25) is 0 Å². The fraction of sp³-hybridized carbons (Fsp3) is 0.476. The Hall–Kier alpha value is -1.91. The number of hydrogen-bond donors (Lipinski definition) is 0. The highest BCUT2D eigenvalue weighted by Crippen LogP contribution is 2.50. The van der Waals surface area contributed by atoms with Crippen LogP contribution in [0.5, 0.6) is 0 Å². The van der Waals surface area contributed by atoms with Gasteiger partial charge in [0.2, 0.25) is 5.91 Å². The van der Waals surface area contributed by atoms with Gasteiger partial charge in [-0.1, -0.05) is 42.5 Å². The Morgan fingerprint density at radius 1 is 1.00 bits per heavy atom. The molecule has 130 valence electrons. The minimum Gasteiger partial charge on any atom is -0.347 e. The Bertz CT molecular complexity index is 796. The number of piperidine rings is 1. The number of fused-ring (bicyclic) bond motifs is 1. The number of carbonyl (C=O) groups is 1. The normalized spacial score (nSPS) is 27.8. The summed E-state index contributed by atoms with van der Waals surface area (Å²) in [6.45, 7) is 2.86. The number of amides is 1. The van der Waals surface area contributed by atoms with Crippen molar-refractivity contribution < 1.29 is 14.3 Å². The van der Waals surface area contributed by atoms with Crippen LogP contribution in [0.25, 0.3) is 10.8 Å². The van der Waals surface area contributed by atoms with Crippen molar-refractivity contribution in [1.82, 2.24) is 4.90 Å². The fourth-order valence-electron chi connectivity index (χ4n) is 4.47. The van der Waals surface area contributed by atoms with Crippen LogP contribution >= 0.6 is 0 Å². The summed E-state index contributed by atoms with van der Waals surface area (Å²) in [5, 5.41) is 2.55. The van der Waals surface area contributed by atoms with Gasteiger partial charge in [0.05, 0.1) is 13.2 Å². The molecule has 1 spiro atoms. The number of hydrogen-bond acceptors (Lipinski definition) is 3. The summed E-state index contributed by atoms with van der Waals surface area (Å²) in [6.07, 6.45) is 2.57. The van der Waals surface area contributed by atoms with Crippen LogP contribution in [0, 0.1) is 5.92 Å². The molecule has 2 aromatic carbocycles. The number of benzene rings is 2. The van der Waals surface area contributed by atoms with E-state index in [1.54, 1.807) is 0 Å². The summed E-state index contributed by atoms with van der Waals surface area (Å²) in [6, 6.07) is 14.9. The molecule has 25 heavy (non-hydrogen) atoms. The van der Waals surface area contributed by atoms with Gasteiger partial charge in [0.1, 0.15) is 0 Å². The Balaban J connectivity index is 1.29. The predicted molar refractivity (Wildman–Crippen MR) is 95.2 cm³/mol. The summed E-state index contributed by atoms with van der Waals surface area (Å²) < 4.78 is 11.5. The largest absolute Gasteiger partial charge is 0.347 e. The van der Waals surface area contributed by atoms with Crippen molar-refractivity contribution in [2.75, 3.05) is 26.3 Å². The number of likely N-dealkylation sites (tertiary alicyclic amines) is 1. The van der Waals surface area contributed by atoms with Crippen molar-refractivity contribution in [3.05, 3.63) is 48.0 Å². The minimum atomic E-state index is -0.407. The van der Waals surface area contributed by atoms with E-state index < -0.39 is 5.79 Å². The van der Waals surface area contributed by atoms with E-state index in [9.17, 15) is 4.79 Å². The number of nitrogens with zero attached hydrogens (tertiary/aromatic N) is 1. The van der Waals surface area contributed by atoms with Gasteiger partial charge in [0.25, 0.3) is 0 Å². The topological polar surface area (TPSA) is 38.8 Å². The summed E-state index contributed by atoms with van der Waals surface area (Å²) >= 11 is 0. The van der Waals surface area contributed by atoms with Gasteiger partial charge >= 0.3 is 0 Å². The Morgan fingerprint density at radius 2 is 1.72 bits per heavy atom. The average molecular weight is 337 g/mol. The fourth-order valence-corrected chi connectivity index (χ4v) is 4.47. The second-order valence-corrected chi connectivity index (χ2v) is 7.45. The van der Waals surface area contributed by atoms with Gasteiger partial charge in [0, 0.05) is 31.8 Å². The van der Waals surface area contributed by atoms with Crippen LogP contribution in [-0.4, -0.2) is 42.9 Å². The first-order valence-electron chi connectivity index (χ1n) is 9.30. The van der Waals surface area contributed by atoms with Gasteiger partial charge in [-0.05, 0) is 28.7 Å². The van der Waals surface area contributed by atoms with E-state index in [1.165, 1.54) is 16.3 Å². The van der Waals surface area contributed by atoms with Gasteiger partial charge in [-0.25, -0.2) is 0 Å². The molecule has 4 heteroatoms.